The smallest absolute Gasteiger partial charge is 0.418 e. The van der Waals surface area contributed by atoms with Crippen LogP contribution in [0.1, 0.15) is 60.3 Å². The molecule has 184 valence electrons. The number of halogens is 3. The summed E-state index contributed by atoms with van der Waals surface area (Å²) in [6, 6.07) is 2.84. The largest absolute Gasteiger partial charge is 0.492 e. The molecule has 10 heteroatoms. The Kier molecular flexibility index (Phi) is 7.25. The van der Waals surface area contributed by atoms with Crippen LogP contribution in [-0.2, 0) is 10.9 Å². The van der Waals surface area contributed by atoms with Crippen molar-refractivity contribution >= 4 is 11.7 Å². The Morgan fingerprint density at radius 1 is 1.21 bits per heavy atom. The molecular formula is C24H28F3N3O4. The van der Waals surface area contributed by atoms with E-state index in [1.54, 1.807) is 12.4 Å². The van der Waals surface area contributed by atoms with Gasteiger partial charge in [-0.3, -0.25) is 9.97 Å². The van der Waals surface area contributed by atoms with Crippen LogP contribution >= 0.6 is 0 Å². The third-order valence-corrected chi connectivity index (χ3v) is 6.54. The van der Waals surface area contributed by atoms with Crippen LogP contribution in [-0.4, -0.2) is 47.3 Å². The van der Waals surface area contributed by atoms with Crippen molar-refractivity contribution < 1.29 is 32.5 Å². The zero-order valence-electron chi connectivity index (χ0n) is 18.9. The zero-order valence-corrected chi connectivity index (χ0v) is 18.9. The third-order valence-electron chi connectivity index (χ3n) is 6.54. The van der Waals surface area contributed by atoms with E-state index in [4.69, 9.17) is 9.47 Å². The number of rotatable bonds is 6. The Balaban J connectivity index is 1.44. The van der Waals surface area contributed by atoms with Crippen LogP contribution in [0.15, 0.2) is 30.7 Å². The van der Waals surface area contributed by atoms with Crippen LogP contribution in [0.3, 0.4) is 0 Å². The van der Waals surface area contributed by atoms with Gasteiger partial charge in [-0.25, -0.2) is 4.79 Å². The number of hydrogen-bond acceptors (Lipinski definition) is 6. The van der Waals surface area contributed by atoms with E-state index in [0.29, 0.717) is 44.2 Å². The van der Waals surface area contributed by atoms with Gasteiger partial charge in [0.25, 0.3) is 0 Å². The number of anilines is 1. The molecule has 1 aliphatic heterocycles. The predicted molar refractivity (Wildman–Crippen MR) is 118 cm³/mol. The molecule has 3 heterocycles. The highest BCUT2D eigenvalue weighted by Crippen LogP contribution is 2.34. The molecular weight excluding hydrogens is 451 g/mol. The Hall–Kier alpha value is -2.88. The Morgan fingerprint density at radius 3 is 2.68 bits per heavy atom. The van der Waals surface area contributed by atoms with Crippen molar-refractivity contribution in [2.45, 2.75) is 44.9 Å². The molecule has 1 saturated heterocycles. The van der Waals surface area contributed by atoms with Crippen molar-refractivity contribution in [3.05, 3.63) is 47.5 Å². The summed E-state index contributed by atoms with van der Waals surface area (Å²) in [6.45, 7) is 4.08. The predicted octanol–water partition coefficient (Wildman–Crippen LogP) is 4.98. The fraction of sp³-hybridized carbons (Fsp3) is 0.542. The van der Waals surface area contributed by atoms with E-state index in [1.807, 2.05) is 11.0 Å². The van der Waals surface area contributed by atoms with Crippen LogP contribution in [0.4, 0.5) is 18.9 Å². The summed E-state index contributed by atoms with van der Waals surface area (Å²) in [5.41, 5.74) is -1.18. The molecule has 1 saturated carbocycles. The van der Waals surface area contributed by atoms with Gasteiger partial charge in [-0.05, 0) is 30.7 Å². The number of pyridine rings is 2. The van der Waals surface area contributed by atoms with Gasteiger partial charge in [0.15, 0.2) is 0 Å². The highest BCUT2D eigenvalue weighted by atomic mass is 19.4. The lowest BCUT2D eigenvalue weighted by Crippen LogP contribution is -2.38. The molecule has 1 N–H and O–H groups in total. The van der Waals surface area contributed by atoms with Gasteiger partial charge in [0.2, 0.25) is 0 Å². The van der Waals surface area contributed by atoms with Crippen molar-refractivity contribution in [2.75, 3.05) is 31.2 Å². The minimum atomic E-state index is -4.80. The SMILES string of the molecule is CC1CCC(COc2cncc(N3CCOC(c4cc(C(=O)O)c(C(F)(F)F)cn4)C3)c2)CC1. The summed E-state index contributed by atoms with van der Waals surface area (Å²) in [7, 11) is 0. The number of aromatic carboxylic acids is 1. The highest BCUT2D eigenvalue weighted by molar-refractivity contribution is 5.89. The molecule has 1 atom stereocenters. The molecule has 2 aliphatic rings. The summed E-state index contributed by atoms with van der Waals surface area (Å²) < 4.78 is 51.1. The Bertz CT molecular complexity index is 1010. The second-order valence-corrected chi connectivity index (χ2v) is 9.08. The topological polar surface area (TPSA) is 84.8 Å². The number of carboxylic acids is 1. The maximum Gasteiger partial charge on any atom is 0.418 e. The fourth-order valence-corrected chi connectivity index (χ4v) is 4.48. The Morgan fingerprint density at radius 2 is 1.97 bits per heavy atom. The monoisotopic (exact) mass is 479 g/mol. The summed E-state index contributed by atoms with van der Waals surface area (Å²) in [4.78, 5) is 21.6. The molecule has 0 radical (unpaired) electrons. The van der Waals surface area contributed by atoms with E-state index in [1.165, 1.54) is 12.8 Å². The summed E-state index contributed by atoms with van der Waals surface area (Å²) >= 11 is 0. The molecule has 1 unspecified atom stereocenters. The van der Waals surface area contributed by atoms with E-state index in [0.717, 1.165) is 30.5 Å². The molecule has 0 spiro atoms. The van der Waals surface area contributed by atoms with Crippen molar-refractivity contribution in [3.8, 4) is 5.75 Å². The third kappa shape index (κ3) is 5.78. The number of aromatic nitrogens is 2. The molecule has 1 aliphatic carbocycles. The van der Waals surface area contributed by atoms with E-state index >= 15 is 0 Å². The van der Waals surface area contributed by atoms with E-state index in [-0.39, 0.29) is 5.69 Å². The molecule has 34 heavy (non-hydrogen) atoms. The molecule has 4 rings (SSSR count). The lowest BCUT2D eigenvalue weighted by Gasteiger charge is -2.34. The summed E-state index contributed by atoms with van der Waals surface area (Å²) in [5.74, 6) is 0.327. The first-order valence-electron chi connectivity index (χ1n) is 11.5. The maximum absolute atomic E-state index is 13.1. The van der Waals surface area contributed by atoms with Crippen LogP contribution in [0, 0.1) is 11.8 Å². The van der Waals surface area contributed by atoms with Crippen molar-refractivity contribution in [3.63, 3.8) is 0 Å². The molecule has 0 aromatic carbocycles. The molecule has 7 nitrogen and oxygen atoms in total. The van der Waals surface area contributed by atoms with Gasteiger partial charge in [0, 0.05) is 18.8 Å². The van der Waals surface area contributed by atoms with E-state index in [9.17, 15) is 23.1 Å². The van der Waals surface area contributed by atoms with Crippen LogP contribution in [0.25, 0.3) is 0 Å². The molecule has 2 fully saturated rings. The van der Waals surface area contributed by atoms with Crippen LogP contribution in [0.2, 0.25) is 0 Å². The van der Waals surface area contributed by atoms with E-state index < -0.39 is 29.4 Å². The summed E-state index contributed by atoms with van der Waals surface area (Å²) in [5, 5.41) is 9.27. The number of morpholine rings is 1. The van der Waals surface area contributed by atoms with E-state index in [2.05, 4.69) is 16.9 Å². The van der Waals surface area contributed by atoms with Gasteiger partial charge in [-0.2, -0.15) is 13.2 Å². The first-order valence-corrected chi connectivity index (χ1v) is 11.5. The highest BCUT2D eigenvalue weighted by Gasteiger charge is 2.37. The quantitative estimate of drug-likeness (QED) is 0.626. The molecule has 0 bridgehead atoms. The van der Waals surface area contributed by atoms with Crippen molar-refractivity contribution in [2.24, 2.45) is 11.8 Å². The molecule has 2 aromatic heterocycles. The van der Waals surface area contributed by atoms with Gasteiger partial charge in [0.1, 0.15) is 11.9 Å². The zero-order chi connectivity index (χ0) is 24.3. The lowest BCUT2D eigenvalue weighted by molar-refractivity contribution is -0.138. The van der Waals surface area contributed by atoms with Gasteiger partial charge in [-0.15, -0.1) is 0 Å². The number of ether oxygens (including phenoxy) is 2. The number of carbonyl (C=O) groups is 1. The lowest BCUT2D eigenvalue weighted by atomic mass is 9.83. The van der Waals surface area contributed by atoms with Crippen molar-refractivity contribution in [1.29, 1.82) is 0 Å². The average Bonchev–Trinajstić information content (AvgIpc) is 2.83. The normalized spacial score (nSPS) is 23.5. The Labute approximate surface area is 195 Å². The van der Waals surface area contributed by atoms with Crippen molar-refractivity contribution in [1.82, 2.24) is 9.97 Å². The first-order chi connectivity index (χ1) is 16.2. The second-order valence-electron chi connectivity index (χ2n) is 9.08. The standard InChI is InChI=1S/C24H28F3N3O4/c1-15-2-4-16(5-3-15)14-34-18-8-17(10-28-11-18)30-6-7-33-22(13-30)21-9-19(23(31)32)20(12-29-21)24(25,26)27/h8-12,15-16,22H,2-7,13-14H2,1H3,(H,31,32). The number of nitrogens with zero attached hydrogens (tertiary/aromatic N) is 3. The minimum absolute atomic E-state index is 0.141. The van der Waals surface area contributed by atoms with Gasteiger partial charge < -0.3 is 19.5 Å². The van der Waals surface area contributed by atoms with Gasteiger partial charge >= 0.3 is 12.1 Å². The second kappa shape index (κ2) is 10.2. The first kappa shape index (κ1) is 24.3. The summed E-state index contributed by atoms with van der Waals surface area (Å²) in [6.07, 6.45) is 3.22. The van der Waals surface area contributed by atoms with Crippen LogP contribution < -0.4 is 9.64 Å². The number of alkyl halides is 3. The van der Waals surface area contributed by atoms with Gasteiger partial charge in [-0.1, -0.05) is 19.8 Å². The fourth-order valence-electron chi connectivity index (χ4n) is 4.48. The number of hydrogen-bond donors (Lipinski definition) is 1. The molecule has 2 aromatic rings. The van der Waals surface area contributed by atoms with Crippen LogP contribution in [0.5, 0.6) is 5.75 Å². The number of carboxylic acid groups (broad SMARTS) is 1. The maximum atomic E-state index is 13.1. The van der Waals surface area contributed by atoms with Gasteiger partial charge in [0.05, 0.1) is 54.7 Å². The minimum Gasteiger partial charge on any atom is -0.492 e. The average molecular weight is 479 g/mol. The molecule has 0 amide bonds.